The Balaban J connectivity index is 3.19. The summed E-state index contributed by atoms with van der Waals surface area (Å²) in [6.45, 7) is 6.34. The molecular weight excluding hydrogens is 294 g/mol. The van der Waals surface area contributed by atoms with Gasteiger partial charge in [0.15, 0.2) is 0 Å². The Morgan fingerprint density at radius 2 is 2.00 bits per heavy atom. The van der Waals surface area contributed by atoms with Gasteiger partial charge in [0.1, 0.15) is 0 Å². The average molecular weight is 315 g/mol. The first-order valence-corrected chi connectivity index (χ1v) is 8.03. The quantitative estimate of drug-likeness (QED) is 0.607. The molecule has 118 valence electrons. The highest BCUT2D eigenvalue weighted by Gasteiger charge is 2.29. The van der Waals surface area contributed by atoms with Crippen molar-refractivity contribution in [2.45, 2.75) is 25.7 Å². The number of nitro groups is 1. The molecule has 21 heavy (non-hydrogen) atoms. The van der Waals surface area contributed by atoms with Crippen LogP contribution >= 0.6 is 0 Å². The summed E-state index contributed by atoms with van der Waals surface area (Å²) >= 11 is 0. The summed E-state index contributed by atoms with van der Waals surface area (Å²) in [6, 6.07) is 5.07. The Labute approximate surface area is 124 Å². The first-order chi connectivity index (χ1) is 9.64. The number of nitro benzene ring substituents is 1. The van der Waals surface area contributed by atoms with Gasteiger partial charge in [-0.15, -0.1) is 0 Å². The van der Waals surface area contributed by atoms with Crippen LogP contribution in [0.15, 0.2) is 29.2 Å². The van der Waals surface area contributed by atoms with Crippen molar-refractivity contribution in [1.82, 2.24) is 4.31 Å². The molecule has 0 atom stereocenters. The van der Waals surface area contributed by atoms with E-state index in [9.17, 15) is 18.5 Å². The summed E-state index contributed by atoms with van der Waals surface area (Å²) in [5.74, 6) is 0. The second kappa shape index (κ2) is 6.50. The van der Waals surface area contributed by atoms with Crippen molar-refractivity contribution in [3.63, 3.8) is 0 Å². The van der Waals surface area contributed by atoms with E-state index in [0.717, 1.165) is 6.07 Å². The highest BCUT2D eigenvalue weighted by Crippen LogP contribution is 2.24. The highest BCUT2D eigenvalue weighted by molar-refractivity contribution is 7.89. The first-order valence-electron chi connectivity index (χ1n) is 6.59. The highest BCUT2D eigenvalue weighted by atomic mass is 32.2. The number of hydrogen-bond donors (Lipinski definition) is 1. The van der Waals surface area contributed by atoms with Crippen molar-refractivity contribution >= 4 is 15.7 Å². The van der Waals surface area contributed by atoms with E-state index in [-0.39, 0.29) is 29.1 Å². The Bertz CT molecular complexity index is 614. The lowest BCUT2D eigenvalue weighted by atomic mass is 9.94. The van der Waals surface area contributed by atoms with Crippen LogP contribution in [0.1, 0.15) is 20.8 Å². The van der Waals surface area contributed by atoms with Crippen molar-refractivity contribution in [3.05, 3.63) is 34.4 Å². The van der Waals surface area contributed by atoms with Crippen LogP contribution < -0.4 is 5.73 Å². The molecule has 0 spiro atoms. The number of non-ortho nitro benzene ring substituents is 1. The van der Waals surface area contributed by atoms with Gasteiger partial charge >= 0.3 is 0 Å². The Morgan fingerprint density at radius 1 is 1.38 bits per heavy atom. The van der Waals surface area contributed by atoms with Crippen LogP contribution in [0.4, 0.5) is 5.69 Å². The predicted octanol–water partition coefficient (Wildman–Crippen LogP) is 1.59. The molecule has 7 nitrogen and oxygen atoms in total. The number of benzene rings is 1. The van der Waals surface area contributed by atoms with Gasteiger partial charge in [0.05, 0.1) is 9.82 Å². The lowest BCUT2D eigenvalue weighted by Crippen LogP contribution is -2.41. The zero-order valence-corrected chi connectivity index (χ0v) is 13.3. The summed E-state index contributed by atoms with van der Waals surface area (Å²) in [7, 11) is -3.78. The van der Waals surface area contributed by atoms with Crippen molar-refractivity contribution in [1.29, 1.82) is 0 Å². The van der Waals surface area contributed by atoms with Gasteiger partial charge in [-0.2, -0.15) is 4.31 Å². The summed E-state index contributed by atoms with van der Waals surface area (Å²) in [4.78, 5) is 10.1. The third-order valence-electron chi connectivity index (χ3n) is 3.18. The van der Waals surface area contributed by atoms with Crippen LogP contribution in [0.25, 0.3) is 0 Å². The van der Waals surface area contributed by atoms with E-state index < -0.39 is 14.9 Å². The van der Waals surface area contributed by atoms with Gasteiger partial charge in [0, 0.05) is 25.2 Å². The summed E-state index contributed by atoms with van der Waals surface area (Å²) in [5, 5.41) is 10.8. The number of rotatable bonds is 7. The maximum atomic E-state index is 12.6. The molecule has 0 bridgehead atoms. The van der Waals surface area contributed by atoms with Gasteiger partial charge in [-0.05, 0) is 18.0 Å². The van der Waals surface area contributed by atoms with Gasteiger partial charge in [-0.25, -0.2) is 8.42 Å². The molecule has 0 radical (unpaired) electrons. The van der Waals surface area contributed by atoms with E-state index >= 15 is 0 Å². The molecule has 0 aliphatic carbocycles. The fourth-order valence-corrected chi connectivity index (χ4v) is 3.49. The molecule has 0 aliphatic rings. The van der Waals surface area contributed by atoms with Gasteiger partial charge in [-0.1, -0.05) is 26.8 Å². The van der Waals surface area contributed by atoms with Crippen LogP contribution in [0.3, 0.4) is 0 Å². The zero-order valence-electron chi connectivity index (χ0n) is 12.4. The number of nitrogens with two attached hydrogens (primary N) is 1. The van der Waals surface area contributed by atoms with E-state index in [4.69, 9.17) is 5.73 Å². The molecule has 0 aliphatic heterocycles. The van der Waals surface area contributed by atoms with Crippen LogP contribution in [0.5, 0.6) is 0 Å². The van der Waals surface area contributed by atoms with Crippen molar-refractivity contribution in [2.75, 3.05) is 19.6 Å². The van der Waals surface area contributed by atoms with Crippen LogP contribution in [0.2, 0.25) is 0 Å². The predicted molar refractivity (Wildman–Crippen MR) is 80.4 cm³/mol. The second-order valence-electron chi connectivity index (χ2n) is 5.55. The molecule has 0 aromatic heterocycles. The monoisotopic (exact) mass is 315 g/mol. The largest absolute Gasteiger partial charge is 0.330 e. The molecule has 0 saturated carbocycles. The standard InChI is InChI=1S/C13H21N3O4S/c1-4-15(10-13(2,3)9-14)21(19,20)12-7-5-6-11(8-12)16(17)18/h5-8H,4,9-10,14H2,1-3H3. The Hall–Kier alpha value is -1.51. The fourth-order valence-electron chi connectivity index (χ4n) is 1.82. The minimum absolute atomic E-state index is 0.0774. The summed E-state index contributed by atoms with van der Waals surface area (Å²) in [5.41, 5.74) is 5.03. The molecule has 0 amide bonds. The van der Waals surface area contributed by atoms with Gasteiger partial charge in [0.25, 0.3) is 5.69 Å². The zero-order chi connectivity index (χ0) is 16.3. The normalized spacial score (nSPS) is 12.6. The topological polar surface area (TPSA) is 107 Å². The number of hydrogen-bond acceptors (Lipinski definition) is 5. The van der Waals surface area contributed by atoms with E-state index in [1.165, 1.54) is 22.5 Å². The maximum absolute atomic E-state index is 12.6. The minimum atomic E-state index is -3.78. The molecule has 1 rings (SSSR count). The smallest absolute Gasteiger partial charge is 0.270 e. The molecule has 0 heterocycles. The van der Waals surface area contributed by atoms with Gasteiger partial charge in [-0.3, -0.25) is 10.1 Å². The van der Waals surface area contributed by atoms with Crippen molar-refractivity contribution < 1.29 is 13.3 Å². The SMILES string of the molecule is CCN(CC(C)(C)CN)S(=O)(=O)c1cccc([N+](=O)[O-])c1. The summed E-state index contributed by atoms with van der Waals surface area (Å²) in [6.07, 6.45) is 0. The molecule has 1 aromatic rings. The van der Waals surface area contributed by atoms with Gasteiger partial charge < -0.3 is 5.73 Å². The summed E-state index contributed by atoms with van der Waals surface area (Å²) < 4.78 is 26.5. The van der Waals surface area contributed by atoms with Crippen LogP contribution in [-0.2, 0) is 10.0 Å². The minimum Gasteiger partial charge on any atom is -0.330 e. The molecule has 0 saturated heterocycles. The van der Waals surface area contributed by atoms with Crippen molar-refractivity contribution in [2.24, 2.45) is 11.1 Å². The van der Waals surface area contributed by atoms with Crippen LogP contribution in [0, 0.1) is 15.5 Å². The lowest BCUT2D eigenvalue weighted by Gasteiger charge is -2.30. The molecule has 2 N–H and O–H groups in total. The molecule has 0 unspecified atom stereocenters. The Kier molecular flexibility index (Phi) is 5.43. The number of nitrogens with zero attached hydrogens (tertiary/aromatic N) is 2. The third-order valence-corrected chi connectivity index (χ3v) is 5.09. The average Bonchev–Trinajstić information content (AvgIpc) is 2.44. The maximum Gasteiger partial charge on any atom is 0.270 e. The molecular formula is C13H21N3O4S. The molecule has 0 fully saturated rings. The van der Waals surface area contributed by atoms with E-state index in [0.29, 0.717) is 6.54 Å². The molecule has 8 heteroatoms. The molecule has 1 aromatic carbocycles. The first kappa shape index (κ1) is 17.5. The van der Waals surface area contributed by atoms with E-state index in [2.05, 4.69) is 0 Å². The second-order valence-corrected chi connectivity index (χ2v) is 7.49. The fraction of sp³-hybridized carbons (Fsp3) is 0.538. The van der Waals surface area contributed by atoms with E-state index in [1.54, 1.807) is 6.92 Å². The van der Waals surface area contributed by atoms with Crippen LogP contribution in [-0.4, -0.2) is 37.3 Å². The lowest BCUT2D eigenvalue weighted by molar-refractivity contribution is -0.385. The van der Waals surface area contributed by atoms with Gasteiger partial charge in [0.2, 0.25) is 10.0 Å². The number of sulfonamides is 1. The Morgan fingerprint density at radius 3 is 2.48 bits per heavy atom. The van der Waals surface area contributed by atoms with Crippen molar-refractivity contribution in [3.8, 4) is 0 Å². The third kappa shape index (κ3) is 4.23. The van der Waals surface area contributed by atoms with E-state index in [1.807, 2.05) is 13.8 Å².